The van der Waals surface area contributed by atoms with Gasteiger partial charge in [0.05, 0.1) is 6.54 Å². The molecule has 0 saturated heterocycles. The molecule has 1 rings (SSSR count). The maximum absolute atomic E-state index is 4.19. The topological polar surface area (TPSA) is 31.9 Å². The number of hydrogen-bond acceptors (Lipinski definition) is 2. The summed E-state index contributed by atoms with van der Waals surface area (Å²) >= 11 is 0. The van der Waals surface area contributed by atoms with Crippen molar-refractivity contribution in [3.05, 3.63) is 18.2 Å². The Morgan fingerprint density at radius 1 is 1.62 bits per heavy atom. The molecule has 1 heterocycles. The molecule has 3 nitrogen and oxygen atoms in total. The van der Waals surface area contributed by atoms with E-state index in [1.165, 1.54) is 6.42 Å². The molecule has 74 valence electrons. The fourth-order valence-corrected chi connectivity index (χ4v) is 1.37. The van der Waals surface area contributed by atoms with Gasteiger partial charge in [-0.3, -0.25) is 4.90 Å². The van der Waals surface area contributed by atoms with Gasteiger partial charge >= 0.3 is 0 Å². The van der Waals surface area contributed by atoms with E-state index in [2.05, 4.69) is 35.8 Å². The Hall–Kier alpha value is -0.830. The molecule has 0 spiro atoms. The van der Waals surface area contributed by atoms with Gasteiger partial charge in [-0.1, -0.05) is 20.3 Å². The van der Waals surface area contributed by atoms with Gasteiger partial charge < -0.3 is 4.98 Å². The van der Waals surface area contributed by atoms with Gasteiger partial charge in [0.1, 0.15) is 5.82 Å². The van der Waals surface area contributed by atoms with E-state index < -0.39 is 0 Å². The highest BCUT2D eigenvalue weighted by molar-refractivity contribution is 4.86. The number of aromatic amines is 1. The van der Waals surface area contributed by atoms with Gasteiger partial charge in [-0.05, 0) is 13.0 Å². The molecule has 1 unspecified atom stereocenters. The minimum atomic E-state index is 0.764. The number of nitrogens with zero attached hydrogens (tertiary/aromatic N) is 2. The minimum absolute atomic E-state index is 0.764. The summed E-state index contributed by atoms with van der Waals surface area (Å²) in [6.07, 6.45) is 4.90. The molecule has 1 aromatic rings. The fourth-order valence-electron chi connectivity index (χ4n) is 1.37. The fraction of sp³-hybridized carbons (Fsp3) is 0.700. The first kappa shape index (κ1) is 10.3. The molecular weight excluding hydrogens is 162 g/mol. The van der Waals surface area contributed by atoms with E-state index in [9.17, 15) is 0 Å². The van der Waals surface area contributed by atoms with Gasteiger partial charge in [0.25, 0.3) is 0 Å². The van der Waals surface area contributed by atoms with E-state index in [1.54, 1.807) is 6.20 Å². The van der Waals surface area contributed by atoms with Crippen LogP contribution in [0.5, 0.6) is 0 Å². The van der Waals surface area contributed by atoms with Crippen molar-refractivity contribution < 1.29 is 0 Å². The first-order chi connectivity index (χ1) is 6.22. The van der Waals surface area contributed by atoms with Crippen LogP contribution in [0.3, 0.4) is 0 Å². The Morgan fingerprint density at radius 3 is 2.92 bits per heavy atom. The number of hydrogen-bond donors (Lipinski definition) is 1. The maximum Gasteiger partial charge on any atom is 0.120 e. The smallest absolute Gasteiger partial charge is 0.120 e. The van der Waals surface area contributed by atoms with Crippen molar-refractivity contribution in [2.45, 2.75) is 26.8 Å². The van der Waals surface area contributed by atoms with E-state index in [1.807, 2.05) is 6.20 Å². The zero-order chi connectivity index (χ0) is 9.68. The number of rotatable bonds is 5. The van der Waals surface area contributed by atoms with Gasteiger partial charge in [0.15, 0.2) is 0 Å². The van der Waals surface area contributed by atoms with Crippen LogP contribution in [0.4, 0.5) is 0 Å². The van der Waals surface area contributed by atoms with Crippen LogP contribution in [-0.4, -0.2) is 28.5 Å². The van der Waals surface area contributed by atoms with Crippen LogP contribution in [0.15, 0.2) is 12.4 Å². The molecule has 13 heavy (non-hydrogen) atoms. The number of H-pyrrole nitrogens is 1. The molecule has 0 amide bonds. The van der Waals surface area contributed by atoms with Crippen LogP contribution in [0.25, 0.3) is 0 Å². The summed E-state index contributed by atoms with van der Waals surface area (Å²) in [7, 11) is 2.13. The Bertz CT molecular complexity index is 218. The second kappa shape index (κ2) is 5.02. The molecule has 0 bridgehead atoms. The van der Waals surface area contributed by atoms with Crippen LogP contribution in [-0.2, 0) is 6.54 Å². The summed E-state index contributed by atoms with van der Waals surface area (Å²) in [5.41, 5.74) is 0. The van der Waals surface area contributed by atoms with Crippen LogP contribution < -0.4 is 0 Å². The van der Waals surface area contributed by atoms with E-state index in [-0.39, 0.29) is 0 Å². The molecule has 0 aromatic carbocycles. The Labute approximate surface area is 80.2 Å². The predicted molar refractivity (Wildman–Crippen MR) is 54.4 cm³/mol. The molecule has 0 aliphatic heterocycles. The van der Waals surface area contributed by atoms with E-state index in [4.69, 9.17) is 0 Å². The zero-order valence-corrected chi connectivity index (χ0v) is 8.75. The summed E-state index contributed by atoms with van der Waals surface area (Å²) in [6.45, 7) is 6.55. The van der Waals surface area contributed by atoms with Gasteiger partial charge in [0.2, 0.25) is 0 Å². The third kappa shape index (κ3) is 3.59. The van der Waals surface area contributed by atoms with Gasteiger partial charge in [-0.2, -0.15) is 0 Å². The quantitative estimate of drug-likeness (QED) is 0.752. The van der Waals surface area contributed by atoms with Crippen molar-refractivity contribution in [2.75, 3.05) is 13.6 Å². The third-order valence-corrected chi connectivity index (χ3v) is 2.29. The minimum Gasteiger partial charge on any atom is -0.348 e. The lowest BCUT2D eigenvalue weighted by Crippen LogP contribution is -2.24. The predicted octanol–water partition coefficient (Wildman–Crippen LogP) is 1.89. The van der Waals surface area contributed by atoms with E-state index in [0.717, 1.165) is 24.8 Å². The standard InChI is InChI=1S/C10H19N3/c1-4-9(2)7-13(3)8-10-11-5-6-12-10/h5-6,9H,4,7-8H2,1-3H3,(H,11,12). The van der Waals surface area contributed by atoms with Crippen molar-refractivity contribution in [3.8, 4) is 0 Å². The maximum atomic E-state index is 4.19. The Balaban J connectivity index is 2.29. The first-order valence-electron chi connectivity index (χ1n) is 4.89. The van der Waals surface area contributed by atoms with Crippen LogP contribution in [0, 0.1) is 5.92 Å². The van der Waals surface area contributed by atoms with E-state index >= 15 is 0 Å². The summed E-state index contributed by atoms with van der Waals surface area (Å²) in [6, 6.07) is 0. The third-order valence-electron chi connectivity index (χ3n) is 2.29. The second-order valence-corrected chi connectivity index (χ2v) is 3.75. The highest BCUT2D eigenvalue weighted by Crippen LogP contribution is 2.04. The Kier molecular flexibility index (Phi) is 3.96. The summed E-state index contributed by atoms with van der Waals surface area (Å²) in [5, 5.41) is 0. The van der Waals surface area contributed by atoms with Crippen molar-refractivity contribution in [1.82, 2.24) is 14.9 Å². The number of nitrogens with one attached hydrogen (secondary N) is 1. The first-order valence-corrected chi connectivity index (χ1v) is 4.89. The van der Waals surface area contributed by atoms with Crippen LogP contribution in [0.1, 0.15) is 26.1 Å². The molecule has 0 saturated carbocycles. The molecule has 3 heteroatoms. The number of aromatic nitrogens is 2. The normalized spacial score (nSPS) is 13.5. The van der Waals surface area contributed by atoms with Crippen molar-refractivity contribution in [1.29, 1.82) is 0 Å². The second-order valence-electron chi connectivity index (χ2n) is 3.75. The molecule has 0 radical (unpaired) electrons. The summed E-state index contributed by atoms with van der Waals surface area (Å²) < 4.78 is 0. The molecule has 1 N–H and O–H groups in total. The molecule has 1 atom stereocenters. The SMILES string of the molecule is CCC(C)CN(C)Cc1ncc[nH]1. The van der Waals surface area contributed by atoms with Crippen molar-refractivity contribution in [3.63, 3.8) is 0 Å². The summed E-state index contributed by atoms with van der Waals surface area (Å²) in [4.78, 5) is 9.60. The average molecular weight is 181 g/mol. The lowest BCUT2D eigenvalue weighted by molar-refractivity contribution is 0.270. The molecule has 0 aliphatic rings. The number of imidazole rings is 1. The van der Waals surface area contributed by atoms with E-state index in [0.29, 0.717) is 0 Å². The monoisotopic (exact) mass is 181 g/mol. The lowest BCUT2D eigenvalue weighted by Gasteiger charge is -2.18. The van der Waals surface area contributed by atoms with Gasteiger partial charge in [-0.15, -0.1) is 0 Å². The molecule has 0 fully saturated rings. The molecular formula is C10H19N3. The van der Waals surface area contributed by atoms with Gasteiger partial charge in [0, 0.05) is 18.9 Å². The highest BCUT2D eigenvalue weighted by Gasteiger charge is 2.05. The molecule has 0 aliphatic carbocycles. The Morgan fingerprint density at radius 2 is 2.38 bits per heavy atom. The van der Waals surface area contributed by atoms with Gasteiger partial charge in [-0.25, -0.2) is 4.98 Å². The molecule has 1 aromatic heterocycles. The summed E-state index contributed by atoms with van der Waals surface area (Å²) in [5.74, 6) is 1.81. The van der Waals surface area contributed by atoms with Crippen molar-refractivity contribution >= 4 is 0 Å². The van der Waals surface area contributed by atoms with Crippen LogP contribution in [0.2, 0.25) is 0 Å². The zero-order valence-electron chi connectivity index (χ0n) is 8.75. The average Bonchev–Trinajstić information content (AvgIpc) is 2.56. The lowest BCUT2D eigenvalue weighted by atomic mass is 10.1. The highest BCUT2D eigenvalue weighted by atomic mass is 15.1. The largest absolute Gasteiger partial charge is 0.348 e. The van der Waals surface area contributed by atoms with Crippen LogP contribution >= 0.6 is 0 Å². The van der Waals surface area contributed by atoms with Crippen molar-refractivity contribution in [2.24, 2.45) is 5.92 Å².